The predicted octanol–water partition coefficient (Wildman–Crippen LogP) is 0.934. The number of anilines is 1. The van der Waals surface area contributed by atoms with Gasteiger partial charge in [0.05, 0.1) is 17.4 Å². The minimum atomic E-state index is -1.22. The first-order valence-corrected chi connectivity index (χ1v) is 9.29. The van der Waals surface area contributed by atoms with Crippen LogP contribution in [-0.2, 0) is 4.79 Å². The van der Waals surface area contributed by atoms with Crippen LogP contribution in [0.5, 0.6) is 0 Å². The molecule has 27 heavy (non-hydrogen) atoms. The number of amides is 1. The number of aromatic carboxylic acids is 1. The number of carbonyl (C=O) groups is 2. The van der Waals surface area contributed by atoms with Gasteiger partial charge in [0, 0.05) is 19.8 Å². The van der Waals surface area contributed by atoms with Gasteiger partial charge < -0.3 is 15.7 Å². The monoisotopic (exact) mass is 379 g/mol. The summed E-state index contributed by atoms with van der Waals surface area (Å²) in [5, 5.41) is 15.1. The van der Waals surface area contributed by atoms with Gasteiger partial charge in [0.25, 0.3) is 0 Å². The van der Waals surface area contributed by atoms with Gasteiger partial charge in [-0.2, -0.15) is 0 Å². The maximum atomic E-state index is 13.5. The second kappa shape index (κ2) is 8.75. The standard InChI is InChI=1S/C18H26FN5O3/c1-2-3-11-8-15(24-7-6-20-10-24)22-23-16(11)17(25)21-14-9-12(19)4-5-13(14)18(26)27/h4-5,9,11,15-16,20,22-23H,2-3,6-8,10H2,1H3,(H,21,25)(H,26,27). The molecule has 0 saturated carbocycles. The molecule has 0 radical (unpaired) electrons. The van der Waals surface area contributed by atoms with Crippen LogP contribution in [0.15, 0.2) is 18.2 Å². The van der Waals surface area contributed by atoms with E-state index in [2.05, 4.69) is 33.3 Å². The number of hydrogen-bond acceptors (Lipinski definition) is 6. The molecule has 0 aliphatic carbocycles. The second-order valence-corrected chi connectivity index (χ2v) is 7.02. The summed E-state index contributed by atoms with van der Waals surface area (Å²) in [7, 11) is 0. The third-order valence-electron chi connectivity index (χ3n) is 5.15. The summed E-state index contributed by atoms with van der Waals surface area (Å²) >= 11 is 0. The largest absolute Gasteiger partial charge is 0.478 e. The van der Waals surface area contributed by atoms with Crippen LogP contribution < -0.4 is 21.5 Å². The Morgan fingerprint density at radius 2 is 2.19 bits per heavy atom. The molecule has 2 fully saturated rings. The summed E-state index contributed by atoms with van der Waals surface area (Å²) in [6.07, 6.45) is 2.72. The lowest BCUT2D eigenvalue weighted by atomic mass is 9.88. The number of carboxylic acid groups (broad SMARTS) is 1. The summed E-state index contributed by atoms with van der Waals surface area (Å²) in [4.78, 5) is 26.4. The zero-order chi connectivity index (χ0) is 19.4. The molecule has 0 aromatic heterocycles. The first kappa shape index (κ1) is 19.7. The quantitative estimate of drug-likeness (QED) is 0.501. The van der Waals surface area contributed by atoms with E-state index < -0.39 is 17.8 Å². The number of nitrogens with zero attached hydrogens (tertiary/aromatic N) is 1. The lowest BCUT2D eigenvalue weighted by molar-refractivity contribution is -0.121. The average Bonchev–Trinajstić information content (AvgIpc) is 3.16. The first-order chi connectivity index (χ1) is 13.0. The fourth-order valence-electron chi connectivity index (χ4n) is 3.77. The highest BCUT2D eigenvalue weighted by molar-refractivity contribution is 6.02. The molecule has 5 N–H and O–H groups in total. The average molecular weight is 379 g/mol. The van der Waals surface area contributed by atoms with Crippen LogP contribution in [0.2, 0.25) is 0 Å². The van der Waals surface area contributed by atoms with Crippen molar-refractivity contribution in [3.63, 3.8) is 0 Å². The van der Waals surface area contributed by atoms with E-state index in [0.29, 0.717) is 0 Å². The Morgan fingerprint density at radius 3 is 2.85 bits per heavy atom. The highest BCUT2D eigenvalue weighted by atomic mass is 19.1. The summed E-state index contributed by atoms with van der Waals surface area (Å²) in [5.74, 6) is -2.10. The van der Waals surface area contributed by atoms with Crippen molar-refractivity contribution in [3.05, 3.63) is 29.6 Å². The SMILES string of the molecule is CCCC1CC(N2CCNC2)NNC1C(=O)Nc1cc(F)ccc1C(=O)O. The van der Waals surface area contributed by atoms with Crippen LogP contribution in [0.25, 0.3) is 0 Å². The number of nitrogens with one attached hydrogen (secondary N) is 4. The number of benzene rings is 1. The van der Waals surface area contributed by atoms with E-state index in [0.717, 1.165) is 57.2 Å². The molecule has 2 aliphatic rings. The van der Waals surface area contributed by atoms with Crippen molar-refractivity contribution in [2.24, 2.45) is 5.92 Å². The van der Waals surface area contributed by atoms with Crippen LogP contribution in [0.1, 0.15) is 36.5 Å². The molecule has 2 saturated heterocycles. The molecule has 3 unspecified atom stereocenters. The molecule has 0 spiro atoms. The highest BCUT2D eigenvalue weighted by Gasteiger charge is 2.37. The molecule has 3 atom stereocenters. The third-order valence-corrected chi connectivity index (χ3v) is 5.15. The zero-order valence-corrected chi connectivity index (χ0v) is 15.3. The van der Waals surface area contributed by atoms with Crippen LogP contribution in [-0.4, -0.2) is 53.8 Å². The molecule has 148 valence electrons. The summed E-state index contributed by atoms with van der Waals surface area (Å²) in [6, 6.07) is 2.72. The van der Waals surface area contributed by atoms with Crippen molar-refractivity contribution >= 4 is 17.6 Å². The van der Waals surface area contributed by atoms with Gasteiger partial charge in [0.2, 0.25) is 5.91 Å². The van der Waals surface area contributed by atoms with E-state index in [1.54, 1.807) is 0 Å². The van der Waals surface area contributed by atoms with Crippen LogP contribution >= 0.6 is 0 Å². The molecular formula is C18H26FN5O3. The fraction of sp³-hybridized carbons (Fsp3) is 0.556. The molecule has 9 heteroatoms. The van der Waals surface area contributed by atoms with Gasteiger partial charge in [-0.1, -0.05) is 13.3 Å². The van der Waals surface area contributed by atoms with Crippen molar-refractivity contribution in [1.29, 1.82) is 0 Å². The summed E-state index contributed by atoms with van der Waals surface area (Å²) in [5.41, 5.74) is 6.12. The van der Waals surface area contributed by atoms with E-state index in [-0.39, 0.29) is 29.2 Å². The fourth-order valence-corrected chi connectivity index (χ4v) is 3.77. The third kappa shape index (κ3) is 4.62. The maximum absolute atomic E-state index is 13.5. The molecule has 0 bridgehead atoms. The molecular weight excluding hydrogens is 353 g/mol. The number of carboxylic acids is 1. The predicted molar refractivity (Wildman–Crippen MR) is 98.4 cm³/mol. The number of rotatable bonds is 6. The topological polar surface area (TPSA) is 106 Å². The first-order valence-electron chi connectivity index (χ1n) is 9.29. The van der Waals surface area contributed by atoms with E-state index in [9.17, 15) is 19.1 Å². The van der Waals surface area contributed by atoms with Gasteiger partial charge in [-0.3, -0.25) is 9.69 Å². The van der Waals surface area contributed by atoms with Crippen LogP contribution in [0.4, 0.5) is 10.1 Å². The Morgan fingerprint density at radius 1 is 1.37 bits per heavy atom. The minimum Gasteiger partial charge on any atom is -0.478 e. The van der Waals surface area contributed by atoms with Gasteiger partial charge in [-0.15, -0.1) is 0 Å². The normalized spacial score (nSPS) is 26.1. The molecule has 2 heterocycles. The number of hydrogen-bond donors (Lipinski definition) is 5. The molecule has 3 rings (SSSR count). The number of hydrazine groups is 1. The van der Waals surface area contributed by atoms with E-state index >= 15 is 0 Å². The lowest BCUT2D eigenvalue weighted by Crippen LogP contribution is -2.64. The Balaban J connectivity index is 1.71. The zero-order valence-electron chi connectivity index (χ0n) is 15.3. The molecule has 8 nitrogen and oxygen atoms in total. The molecule has 1 amide bonds. The van der Waals surface area contributed by atoms with Crippen molar-refractivity contribution in [3.8, 4) is 0 Å². The summed E-state index contributed by atoms with van der Waals surface area (Å²) < 4.78 is 13.5. The molecule has 1 aromatic carbocycles. The van der Waals surface area contributed by atoms with Crippen molar-refractivity contribution < 1.29 is 19.1 Å². The van der Waals surface area contributed by atoms with E-state index in [1.165, 1.54) is 0 Å². The molecule has 1 aromatic rings. The Bertz CT molecular complexity index is 696. The van der Waals surface area contributed by atoms with Gasteiger partial charge in [0.1, 0.15) is 11.9 Å². The van der Waals surface area contributed by atoms with Crippen molar-refractivity contribution in [2.75, 3.05) is 25.1 Å². The highest BCUT2D eigenvalue weighted by Crippen LogP contribution is 2.25. The van der Waals surface area contributed by atoms with Crippen LogP contribution in [0.3, 0.4) is 0 Å². The Kier molecular flexibility index (Phi) is 6.38. The minimum absolute atomic E-state index is 0.0320. The van der Waals surface area contributed by atoms with Crippen LogP contribution in [0, 0.1) is 11.7 Å². The Hall–Kier alpha value is -2.07. The van der Waals surface area contributed by atoms with E-state index in [4.69, 9.17) is 0 Å². The van der Waals surface area contributed by atoms with Gasteiger partial charge in [0.15, 0.2) is 0 Å². The smallest absolute Gasteiger partial charge is 0.337 e. The maximum Gasteiger partial charge on any atom is 0.337 e. The number of halogens is 1. The Labute approximate surface area is 157 Å². The summed E-state index contributed by atoms with van der Waals surface area (Å²) in [6.45, 7) is 4.76. The van der Waals surface area contributed by atoms with Gasteiger partial charge in [-0.25, -0.2) is 20.0 Å². The van der Waals surface area contributed by atoms with E-state index in [1.807, 2.05) is 0 Å². The lowest BCUT2D eigenvalue weighted by Gasteiger charge is -2.40. The molecule has 2 aliphatic heterocycles. The van der Waals surface area contributed by atoms with Crippen molar-refractivity contribution in [2.45, 2.75) is 38.4 Å². The van der Waals surface area contributed by atoms with Gasteiger partial charge >= 0.3 is 5.97 Å². The van der Waals surface area contributed by atoms with Gasteiger partial charge in [-0.05, 0) is 37.0 Å². The number of carbonyl (C=O) groups excluding carboxylic acids is 1. The van der Waals surface area contributed by atoms with Crippen molar-refractivity contribution in [1.82, 2.24) is 21.1 Å². The second-order valence-electron chi connectivity index (χ2n) is 7.02.